The van der Waals surface area contributed by atoms with Crippen LogP contribution >= 0.6 is 11.6 Å². The molecular weight excluding hydrogens is 440 g/mol. The van der Waals surface area contributed by atoms with Crippen LogP contribution < -0.4 is 10.2 Å². The number of fused-ring (bicyclic) bond motifs is 1. The second kappa shape index (κ2) is 9.31. The van der Waals surface area contributed by atoms with Gasteiger partial charge in [-0.25, -0.2) is 9.97 Å². The molecule has 1 aromatic carbocycles. The molecule has 2 aliphatic heterocycles. The third-order valence-electron chi connectivity index (χ3n) is 6.19. The van der Waals surface area contributed by atoms with Crippen LogP contribution in [-0.2, 0) is 22.7 Å². The lowest BCUT2D eigenvalue weighted by Gasteiger charge is -2.20. The summed E-state index contributed by atoms with van der Waals surface area (Å²) >= 11 is 6.22. The highest BCUT2D eigenvalue weighted by Gasteiger charge is 2.34. The van der Waals surface area contributed by atoms with Crippen LogP contribution in [0.5, 0.6) is 0 Å². The Morgan fingerprint density at radius 2 is 2.03 bits per heavy atom. The van der Waals surface area contributed by atoms with Crippen LogP contribution in [-0.4, -0.2) is 51.3 Å². The predicted octanol–water partition coefficient (Wildman–Crippen LogP) is 2.94. The fourth-order valence-electron chi connectivity index (χ4n) is 4.50. The lowest BCUT2D eigenvalue weighted by molar-refractivity contribution is -0.129. The number of aromatic nitrogens is 3. The van der Waals surface area contributed by atoms with Gasteiger partial charge in [-0.3, -0.25) is 14.6 Å². The van der Waals surface area contributed by atoms with Crippen LogP contribution in [0.15, 0.2) is 42.7 Å². The molecule has 0 saturated carbocycles. The van der Waals surface area contributed by atoms with E-state index < -0.39 is 0 Å². The van der Waals surface area contributed by atoms with Crippen molar-refractivity contribution in [1.82, 2.24) is 25.2 Å². The first-order valence-electron chi connectivity index (χ1n) is 11.2. The minimum atomic E-state index is -0.383. The lowest BCUT2D eigenvalue weighted by Crippen LogP contribution is -2.33. The number of halogens is 1. The van der Waals surface area contributed by atoms with Crippen molar-refractivity contribution >= 4 is 40.1 Å². The zero-order chi connectivity index (χ0) is 22.8. The number of carbonyl (C=O) groups excluding carboxylic acids is 2. The van der Waals surface area contributed by atoms with E-state index in [-0.39, 0.29) is 30.7 Å². The summed E-state index contributed by atoms with van der Waals surface area (Å²) in [6.45, 7) is 2.97. The van der Waals surface area contributed by atoms with Crippen LogP contribution in [0.3, 0.4) is 0 Å². The molecule has 0 aliphatic carbocycles. The number of likely N-dealkylation sites (tertiary alicyclic amines) is 1. The monoisotopic (exact) mass is 464 g/mol. The Morgan fingerprint density at radius 3 is 2.82 bits per heavy atom. The molecule has 8 nitrogen and oxygen atoms in total. The van der Waals surface area contributed by atoms with Crippen LogP contribution in [0.1, 0.15) is 30.7 Å². The Labute approximate surface area is 197 Å². The maximum Gasteiger partial charge on any atom is 0.225 e. The molecule has 2 saturated heterocycles. The smallest absolute Gasteiger partial charge is 0.225 e. The number of carbonyl (C=O) groups is 2. The van der Waals surface area contributed by atoms with Crippen molar-refractivity contribution in [3.63, 3.8) is 0 Å². The zero-order valence-electron chi connectivity index (χ0n) is 18.2. The molecule has 170 valence electrons. The molecule has 0 spiro atoms. The summed E-state index contributed by atoms with van der Waals surface area (Å²) in [4.78, 5) is 42.7. The van der Waals surface area contributed by atoms with E-state index in [0.717, 1.165) is 48.2 Å². The van der Waals surface area contributed by atoms with Gasteiger partial charge in [-0.05, 0) is 42.7 Å². The van der Waals surface area contributed by atoms with Crippen molar-refractivity contribution < 1.29 is 9.59 Å². The minimum Gasteiger partial charge on any atom is -0.356 e. The molecule has 3 aromatic rings. The van der Waals surface area contributed by atoms with Gasteiger partial charge in [0.05, 0.1) is 18.0 Å². The molecule has 2 amide bonds. The van der Waals surface area contributed by atoms with Gasteiger partial charge in [0, 0.05) is 55.4 Å². The van der Waals surface area contributed by atoms with Gasteiger partial charge in [-0.15, -0.1) is 0 Å². The summed E-state index contributed by atoms with van der Waals surface area (Å²) in [5.74, 6) is 0.861. The average Bonchev–Trinajstić information content (AvgIpc) is 3.48. The molecule has 1 atom stereocenters. The van der Waals surface area contributed by atoms with Crippen LogP contribution in [0.25, 0.3) is 10.9 Å². The predicted molar refractivity (Wildman–Crippen MR) is 126 cm³/mol. The van der Waals surface area contributed by atoms with Crippen molar-refractivity contribution in [2.75, 3.05) is 24.5 Å². The van der Waals surface area contributed by atoms with Crippen molar-refractivity contribution in [1.29, 1.82) is 0 Å². The maximum absolute atomic E-state index is 12.8. The molecule has 1 N–H and O–H groups in total. The van der Waals surface area contributed by atoms with E-state index in [1.807, 2.05) is 30.3 Å². The minimum absolute atomic E-state index is 0.0193. The van der Waals surface area contributed by atoms with E-state index in [1.165, 1.54) is 0 Å². The van der Waals surface area contributed by atoms with E-state index >= 15 is 0 Å². The molecule has 2 fully saturated rings. The molecule has 2 aliphatic rings. The highest BCUT2D eigenvalue weighted by atomic mass is 35.5. The Kier molecular flexibility index (Phi) is 6.09. The second-order valence-corrected chi connectivity index (χ2v) is 9.01. The van der Waals surface area contributed by atoms with Gasteiger partial charge in [0.1, 0.15) is 5.82 Å². The number of pyridine rings is 1. The highest BCUT2D eigenvalue weighted by molar-refractivity contribution is 6.31. The van der Waals surface area contributed by atoms with Crippen LogP contribution in [0.4, 0.5) is 5.82 Å². The molecule has 0 radical (unpaired) electrons. The SMILES string of the molecule is O=C(NCc1nc(N2CCCC2)c2cc(Cl)ccc2n1)C1CC(=O)N(Cc2cccnc2)C1. The van der Waals surface area contributed by atoms with Crippen molar-refractivity contribution in [2.24, 2.45) is 5.92 Å². The van der Waals surface area contributed by atoms with Gasteiger partial charge in [0.15, 0.2) is 5.82 Å². The van der Waals surface area contributed by atoms with E-state index in [9.17, 15) is 9.59 Å². The Hall–Kier alpha value is -3.26. The van der Waals surface area contributed by atoms with E-state index in [1.54, 1.807) is 17.3 Å². The number of hydrogen-bond acceptors (Lipinski definition) is 6. The summed E-state index contributed by atoms with van der Waals surface area (Å²) < 4.78 is 0. The fraction of sp³-hybridized carbons (Fsp3) is 0.375. The molecular formula is C24H25ClN6O2. The number of hydrogen-bond donors (Lipinski definition) is 1. The van der Waals surface area contributed by atoms with E-state index in [0.29, 0.717) is 23.9 Å². The quantitative estimate of drug-likeness (QED) is 0.603. The number of rotatable bonds is 6. The van der Waals surface area contributed by atoms with E-state index in [2.05, 4.69) is 20.2 Å². The third-order valence-corrected chi connectivity index (χ3v) is 6.43. The summed E-state index contributed by atoms with van der Waals surface area (Å²) in [5.41, 5.74) is 1.75. The summed E-state index contributed by atoms with van der Waals surface area (Å²) in [6, 6.07) is 9.36. The topological polar surface area (TPSA) is 91.3 Å². The van der Waals surface area contributed by atoms with Gasteiger partial charge in [0.2, 0.25) is 11.8 Å². The molecule has 4 heterocycles. The third kappa shape index (κ3) is 4.75. The summed E-state index contributed by atoms with van der Waals surface area (Å²) in [7, 11) is 0. The van der Waals surface area contributed by atoms with Crippen molar-refractivity contribution in [3.05, 3.63) is 59.1 Å². The number of benzene rings is 1. The Morgan fingerprint density at radius 1 is 1.18 bits per heavy atom. The van der Waals surface area contributed by atoms with Gasteiger partial charge in [-0.1, -0.05) is 17.7 Å². The largest absolute Gasteiger partial charge is 0.356 e. The maximum atomic E-state index is 12.8. The van der Waals surface area contributed by atoms with Crippen LogP contribution in [0, 0.1) is 5.92 Å². The summed E-state index contributed by atoms with van der Waals surface area (Å²) in [5, 5.41) is 4.51. The van der Waals surface area contributed by atoms with E-state index in [4.69, 9.17) is 16.6 Å². The van der Waals surface area contributed by atoms with Crippen molar-refractivity contribution in [2.45, 2.75) is 32.4 Å². The summed E-state index contributed by atoms with van der Waals surface area (Å²) in [6.07, 6.45) is 5.90. The molecule has 2 aromatic heterocycles. The molecule has 0 bridgehead atoms. The number of amides is 2. The lowest BCUT2D eigenvalue weighted by atomic mass is 10.1. The Balaban J connectivity index is 1.27. The van der Waals surface area contributed by atoms with Gasteiger partial charge >= 0.3 is 0 Å². The van der Waals surface area contributed by atoms with Crippen molar-refractivity contribution in [3.8, 4) is 0 Å². The normalized spacial score (nSPS) is 18.3. The molecule has 1 unspecified atom stereocenters. The average molecular weight is 465 g/mol. The first kappa shape index (κ1) is 21.6. The standard InChI is InChI=1S/C24H25ClN6O2/c25-18-5-6-20-19(11-18)23(30-8-1-2-9-30)29-21(28-20)13-27-24(33)17-10-22(32)31(15-17)14-16-4-3-7-26-12-16/h3-7,11-12,17H,1-2,8-10,13-15H2,(H,27,33). The van der Waals surface area contributed by atoms with Crippen LogP contribution in [0.2, 0.25) is 5.02 Å². The number of anilines is 1. The highest BCUT2D eigenvalue weighted by Crippen LogP contribution is 2.29. The zero-order valence-corrected chi connectivity index (χ0v) is 19.0. The van der Waals surface area contributed by atoms with Gasteiger partial charge in [0.25, 0.3) is 0 Å². The molecule has 9 heteroatoms. The number of nitrogens with one attached hydrogen (secondary N) is 1. The van der Waals surface area contributed by atoms with Gasteiger partial charge in [-0.2, -0.15) is 0 Å². The first-order valence-corrected chi connectivity index (χ1v) is 11.6. The molecule has 33 heavy (non-hydrogen) atoms. The second-order valence-electron chi connectivity index (χ2n) is 8.57. The van der Waals surface area contributed by atoms with Gasteiger partial charge < -0.3 is 15.1 Å². The molecule has 5 rings (SSSR count). The Bertz CT molecular complexity index is 1180. The first-order chi connectivity index (χ1) is 16.1. The number of nitrogens with zero attached hydrogens (tertiary/aromatic N) is 5. The fourth-order valence-corrected chi connectivity index (χ4v) is 4.68.